The first-order chi connectivity index (χ1) is 24.3. The molecule has 3 nitrogen and oxygen atoms in total. The smallest absolute Gasteiger partial charge is 0.151 e. The highest BCUT2D eigenvalue weighted by Gasteiger charge is 2.25. The summed E-state index contributed by atoms with van der Waals surface area (Å²) in [4.78, 5) is 4.62. The number of fused-ring (bicyclic) bond motifs is 3. The summed E-state index contributed by atoms with van der Waals surface area (Å²) < 4.78 is 6.26. The zero-order valence-corrected chi connectivity index (χ0v) is 26.8. The third kappa shape index (κ3) is 5.38. The normalized spacial score (nSPS) is 11.8. The predicted octanol–water partition coefficient (Wildman–Crippen LogP) is 13.2. The standard InChI is InChI=1S/C46H32N2O/c1-2-11-33(12-3-1)35-21-26-39(27-22-35)47(42-30-25-34-13-4-5-14-37(34)32-42)40-28-23-36(24-29-40)38-15-10-16-41(31-38)48-43-17-6-8-19-45(43)49-46-20-9-7-18-44(46)48/h1-32H. The Hall–Kier alpha value is -6.58. The maximum atomic E-state index is 6.26. The molecule has 1 heterocycles. The van der Waals surface area contributed by atoms with Crippen LogP contribution in [-0.2, 0) is 0 Å². The molecule has 0 saturated carbocycles. The summed E-state index contributed by atoms with van der Waals surface area (Å²) in [6.07, 6.45) is 0. The van der Waals surface area contributed by atoms with Gasteiger partial charge in [-0.05, 0) is 106 Å². The van der Waals surface area contributed by atoms with Crippen molar-refractivity contribution < 1.29 is 4.74 Å². The van der Waals surface area contributed by atoms with Crippen molar-refractivity contribution in [2.24, 2.45) is 0 Å². The second-order valence-corrected chi connectivity index (χ2v) is 12.2. The van der Waals surface area contributed by atoms with Gasteiger partial charge in [-0.25, -0.2) is 0 Å². The molecule has 0 amide bonds. The summed E-state index contributed by atoms with van der Waals surface area (Å²) in [6, 6.07) is 68.7. The van der Waals surface area contributed by atoms with E-state index in [2.05, 4.69) is 180 Å². The molecule has 0 radical (unpaired) electrons. The average molecular weight is 629 g/mol. The second-order valence-electron chi connectivity index (χ2n) is 12.2. The number of para-hydroxylation sites is 4. The van der Waals surface area contributed by atoms with Crippen molar-refractivity contribution >= 4 is 44.9 Å². The van der Waals surface area contributed by atoms with E-state index in [-0.39, 0.29) is 0 Å². The fourth-order valence-corrected chi connectivity index (χ4v) is 6.81. The lowest BCUT2D eigenvalue weighted by Gasteiger charge is -2.33. The Bertz CT molecular complexity index is 2370. The van der Waals surface area contributed by atoms with Crippen LogP contribution in [0.5, 0.6) is 11.5 Å². The van der Waals surface area contributed by atoms with Gasteiger partial charge in [-0.3, -0.25) is 0 Å². The quantitative estimate of drug-likeness (QED) is 0.182. The summed E-state index contributed by atoms with van der Waals surface area (Å²) in [5.41, 5.74) is 11.2. The molecule has 0 N–H and O–H groups in total. The van der Waals surface area contributed by atoms with Gasteiger partial charge in [-0.15, -0.1) is 0 Å². The van der Waals surface area contributed by atoms with E-state index in [1.54, 1.807) is 0 Å². The van der Waals surface area contributed by atoms with Gasteiger partial charge in [0.2, 0.25) is 0 Å². The van der Waals surface area contributed by atoms with Crippen LogP contribution >= 0.6 is 0 Å². The lowest BCUT2D eigenvalue weighted by atomic mass is 10.0. The molecule has 0 unspecified atom stereocenters. The van der Waals surface area contributed by atoms with Crippen molar-refractivity contribution in [3.8, 4) is 33.8 Å². The fourth-order valence-electron chi connectivity index (χ4n) is 6.81. The average Bonchev–Trinajstić information content (AvgIpc) is 3.18. The fraction of sp³-hybridized carbons (Fsp3) is 0. The molecule has 232 valence electrons. The number of hydrogen-bond donors (Lipinski definition) is 0. The van der Waals surface area contributed by atoms with E-state index in [1.165, 1.54) is 21.9 Å². The van der Waals surface area contributed by atoms with Crippen LogP contribution < -0.4 is 14.5 Å². The molecular formula is C46H32N2O. The van der Waals surface area contributed by atoms with E-state index in [0.717, 1.165) is 56.8 Å². The number of benzene rings is 8. The van der Waals surface area contributed by atoms with Gasteiger partial charge in [0.25, 0.3) is 0 Å². The molecule has 8 aromatic rings. The van der Waals surface area contributed by atoms with E-state index in [1.807, 2.05) is 24.3 Å². The Balaban J connectivity index is 1.09. The van der Waals surface area contributed by atoms with Crippen molar-refractivity contribution in [1.82, 2.24) is 0 Å². The third-order valence-electron chi connectivity index (χ3n) is 9.22. The number of rotatable bonds is 6. The molecule has 0 bridgehead atoms. The van der Waals surface area contributed by atoms with E-state index in [0.29, 0.717) is 0 Å². The first-order valence-electron chi connectivity index (χ1n) is 16.6. The van der Waals surface area contributed by atoms with E-state index in [4.69, 9.17) is 4.74 Å². The van der Waals surface area contributed by atoms with Gasteiger partial charge < -0.3 is 14.5 Å². The van der Waals surface area contributed by atoms with Crippen LogP contribution in [0.15, 0.2) is 194 Å². The molecular weight excluding hydrogens is 597 g/mol. The molecule has 0 aliphatic carbocycles. The van der Waals surface area contributed by atoms with E-state index < -0.39 is 0 Å². The summed E-state index contributed by atoms with van der Waals surface area (Å²) in [5.74, 6) is 1.70. The van der Waals surface area contributed by atoms with Crippen LogP contribution in [0, 0.1) is 0 Å². The minimum absolute atomic E-state index is 0.849. The van der Waals surface area contributed by atoms with Crippen LogP contribution in [0.2, 0.25) is 0 Å². The highest BCUT2D eigenvalue weighted by Crippen LogP contribution is 2.50. The monoisotopic (exact) mass is 628 g/mol. The summed E-state index contributed by atoms with van der Waals surface area (Å²) in [5, 5.41) is 2.44. The Morgan fingerprint density at radius 1 is 0.347 bits per heavy atom. The van der Waals surface area contributed by atoms with Crippen LogP contribution in [0.3, 0.4) is 0 Å². The lowest BCUT2D eigenvalue weighted by molar-refractivity contribution is 0.477. The van der Waals surface area contributed by atoms with Crippen molar-refractivity contribution in [2.75, 3.05) is 9.80 Å². The number of hydrogen-bond acceptors (Lipinski definition) is 3. The minimum atomic E-state index is 0.849. The highest BCUT2D eigenvalue weighted by atomic mass is 16.5. The van der Waals surface area contributed by atoms with Gasteiger partial charge in [0, 0.05) is 22.7 Å². The first kappa shape index (κ1) is 28.6. The predicted molar refractivity (Wildman–Crippen MR) is 204 cm³/mol. The van der Waals surface area contributed by atoms with Gasteiger partial charge in [0.15, 0.2) is 11.5 Å². The van der Waals surface area contributed by atoms with Crippen molar-refractivity contribution in [3.05, 3.63) is 194 Å². The van der Waals surface area contributed by atoms with Gasteiger partial charge in [0.05, 0.1) is 11.4 Å². The molecule has 0 saturated heterocycles. The molecule has 49 heavy (non-hydrogen) atoms. The lowest BCUT2D eigenvalue weighted by Crippen LogP contribution is -2.15. The molecule has 9 rings (SSSR count). The van der Waals surface area contributed by atoms with Gasteiger partial charge in [0.1, 0.15) is 0 Å². The molecule has 8 aromatic carbocycles. The summed E-state index contributed by atoms with van der Waals surface area (Å²) >= 11 is 0. The molecule has 0 spiro atoms. The Morgan fingerprint density at radius 2 is 0.857 bits per heavy atom. The number of anilines is 6. The van der Waals surface area contributed by atoms with Gasteiger partial charge >= 0.3 is 0 Å². The molecule has 3 heteroatoms. The Labute approximate surface area is 286 Å². The third-order valence-corrected chi connectivity index (χ3v) is 9.22. The zero-order chi connectivity index (χ0) is 32.6. The van der Waals surface area contributed by atoms with Crippen molar-refractivity contribution in [1.29, 1.82) is 0 Å². The highest BCUT2D eigenvalue weighted by molar-refractivity contribution is 5.90. The van der Waals surface area contributed by atoms with E-state index >= 15 is 0 Å². The second kappa shape index (κ2) is 12.2. The zero-order valence-electron chi connectivity index (χ0n) is 26.8. The van der Waals surface area contributed by atoms with Crippen molar-refractivity contribution in [2.45, 2.75) is 0 Å². The maximum Gasteiger partial charge on any atom is 0.151 e. The molecule has 1 aliphatic rings. The largest absolute Gasteiger partial charge is 0.453 e. The molecule has 0 atom stereocenters. The van der Waals surface area contributed by atoms with E-state index in [9.17, 15) is 0 Å². The van der Waals surface area contributed by atoms with Crippen LogP contribution in [0.1, 0.15) is 0 Å². The SMILES string of the molecule is c1ccc(-c2ccc(N(c3ccc(-c4cccc(N5c6ccccc6Oc6ccccc65)c4)cc3)c3ccc4ccccc4c3)cc2)cc1. The Morgan fingerprint density at radius 3 is 1.53 bits per heavy atom. The molecule has 0 aromatic heterocycles. The molecule has 0 fully saturated rings. The van der Waals surface area contributed by atoms with Crippen LogP contribution in [-0.4, -0.2) is 0 Å². The van der Waals surface area contributed by atoms with Gasteiger partial charge in [-0.1, -0.05) is 121 Å². The maximum absolute atomic E-state index is 6.26. The summed E-state index contributed by atoms with van der Waals surface area (Å²) in [6.45, 7) is 0. The topological polar surface area (TPSA) is 15.7 Å². The minimum Gasteiger partial charge on any atom is -0.453 e. The number of nitrogens with zero attached hydrogens (tertiary/aromatic N) is 2. The van der Waals surface area contributed by atoms with Gasteiger partial charge in [-0.2, -0.15) is 0 Å². The Kier molecular flexibility index (Phi) is 7.14. The summed E-state index contributed by atoms with van der Waals surface area (Å²) in [7, 11) is 0. The number of ether oxygens (including phenoxy) is 1. The molecule has 1 aliphatic heterocycles. The first-order valence-corrected chi connectivity index (χ1v) is 16.6. The van der Waals surface area contributed by atoms with Crippen LogP contribution in [0.25, 0.3) is 33.0 Å². The van der Waals surface area contributed by atoms with Crippen LogP contribution in [0.4, 0.5) is 34.1 Å². The van der Waals surface area contributed by atoms with Crippen molar-refractivity contribution in [3.63, 3.8) is 0 Å².